The van der Waals surface area contributed by atoms with Gasteiger partial charge in [0.2, 0.25) is 11.1 Å². The molecule has 0 radical (unpaired) electrons. The van der Waals surface area contributed by atoms with Crippen molar-refractivity contribution in [1.82, 2.24) is 25.1 Å². The maximum atomic E-state index is 12.3. The fourth-order valence-electron chi connectivity index (χ4n) is 1.85. The average molecular weight is 418 g/mol. The van der Waals surface area contributed by atoms with E-state index in [-0.39, 0.29) is 22.8 Å². The van der Waals surface area contributed by atoms with Gasteiger partial charge < -0.3 is 20.6 Å². The molecular weight excluding hydrogens is 405 g/mol. The molecule has 0 aliphatic carbocycles. The second kappa shape index (κ2) is 9.07. The number of alkyl halides is 3. The van der Waals surface area contributed by atoms with E-state index in [1.807, 2.05) is 0 Å². The highest BCUT2D eigenvalue weighted by molar-refractivity contribution is 8.12. The monoisotopic (exact) mass is 418 g/mol. The van der Waals surface area contributed by atoms with Crippen LogP contribution in [0.4, 0.5) is 13.2 Å². The Morgan fingerprint density at radius 1 is 1.39 bits per heavy atom. The normalized spacial score (nSPS) is 11.8. The maximum absolute atomic E-state index is 12.3. The van der Waals surface area contributed by atoms with Crippen LogP contribution in [0.25, 0.3) is 0 Å². The molecule has 0 atom stereocenters. The molecule has 1 amide bonds. The number of carboxylic acids is 1. The molecule has 14 heteroatoms. The predicted molar refractivity (Wildman–Crippen MR) is 91.4 cm³/mol. The lowest BCUT2D eigenvalue weighted by Gasteiger charge is -2.10. The van der Waals surface area contributed by atoms with Crippen molar-refractivity contribution in [3.05, 3.63) is 41.7 Å². The molecule has 1 heterocycles. The summed E-state index contributed by atoms with van der Waals surface area (Å²) in [5.41, 5.74) is 2.43. The summed E-state index contributed by atoms with van der Waals surface area (Å²) in [7, 11) is 1.47. The van der Waals surface area contributed by atoms with Crippen LogP contribution in [0.15, 0.2) is 35.6 Å². The zero-order valence-corrected chi connectivity index (χ0v) is 14.9. The van der Waals surface area contributed by atoms with E-state index in [1.54, 1.807) is 0 Å². The smallest absolute Gasteiger partial charge is 0.476 e. The maximum Gasteiger partial charge on any atom is 0.573 e. The number of benzene rings is 1. The third-order valence-electron chi connectivity index (χ3n) is 2.83. The summed E-state index contributed by atoms with van der Waals surface area (Å²) in [5, 5.41) is 22.0. The van der Waals surface area contributed by atoms with Gasteiger partial charge in [-0.3, -0.25) is 4.79 Å². The second-order valence-electron chi connectivity index (χ2n) is 4.96. The number of amides is 1. The molecule has 1 aromatic heterocycles. The van der Waals surface area contributed by atoms with Crippen molar-refractivity contribution in [3.8, 4) is 5.75 Å². The van der Waals surface area contributed by atoms with Crippen LogP contribution in [0.2, 0.25) is 0 Å². The largest absolute Gasteiger partial charge is 0.573 e. The Labute approximate surface area is 159 Å². The van der Waals surface area contributed by atoms with Crippen molar-refractivity contribution in [2.45, 2.75) is 12.8 Å². The molecule has 3 N–H and O–H groups in total. The van der Waals surface area contributed by atoms with Crippen LogP contribution >= 0.6 is 11.9 Å². The van der Waals surface area contributed by atoms with Gasteiger partial charge in [-0.15, -0.1) is 18.3 Å². The molecule has 2 aromatic rings. The van der Waals surface area contributed by atoms with Crippen molar-refractivity contribution in [2.24, 2.45) is 5.10 Å². The Hall–Kier alpha value is -3.29. The Morgan fingerprint density at radius 3 is 2.75 bits per heavy atom. The number of nitrogens with zero attached hydrogens (tertiary/aromatic N) is 4. The number of halogens is 3. The summed E-state index contributed by atoms with van der Waals surface area (Å²) in [6.45, 7) is 0. The number of aromatic carboxylic acids is 1. The highest BCUT2D eigenvalue weighted by atomic mass is 32.2. The number of carbonyl (C=O) groups is 2. The zero-order valence-electron chi connectivity index (χ0n) is 14.1. The van der Waals surface area contributed by atoms with Gasteiger partial charge in [0.25, 0.3) is 0 Å². The Kier molecular flexibility index (Phi) is 6.81. The zero-order chi connectivity index (χ0) is 20.7. The third kappa shape index (κ3) is 6.79. The van der Waals surface area contributed by atoms with Crippen molar-refractivity contribution >= 4 is 29.0 Å². The number of carbonyl (C=O) groups excluding carboxylic acids is 1. The number of aromatic nitrogens is 3. The molecule has 150 valence electrons. The number of rotatable bonds is 6. The van der Waals surface area contributed by atoms with Gasteiger partial charge >= 0.3 is 12.3 Å². The van der Waals surface area contributed by atoms with Gasteiger partial charge in [-0.25, -0.2) is 4.79 Å². The molecule has 10 nitrogen and oxygen atoms in total. The Balaban J connectivity index is 2.01. The van der Waals surface area contributed by atoms with Crippen LogP contribution < -0.4 is 15.5 Å². The molecule has 0 aliphatic rings. The minimum absolute atomic E-state index is 0.0111. The molecular formula is C14H13F3N6O4S. The van der Waals surface area contributed by atoms with Crippen LogP contribution in [0.3, 0.4) is 0 Å². The molecule has 0 fully saturated rings. The van der Waals surface area contributed by atoms with Gasteiger partial charge in [-0.1, -0.05) is 17.3 Å². The van der Waals surface area contributed by atoms with E-state index < -0.39 is 24.0 Å². The van der Waals surface area contributed by atoms with Crippen molar-refractivity contribution in [1.29, 1.82) is 0 Å². The molecule has 0 saturated carbocycles. The lowest BCUT2D eigenvalue weighted by atomic mass is 10.1. The van der Waals surface area contributed by atoms with Crippen LogP contribution in [0, 0.1) is 0 Å². The van der Waals surface area contributed by atoms with E-state index in [1.165, 1.54) is 19.2 Å². The standard InChI is InChI=1S/C14H13F3N6O4S/c1-18-21-13(28-23-7-10(12(25)26)20-22-23)19-11(24)6-8-3-2-4-9(5-8)27-14(15,16)17/h2-5,7,18H,6H2,1H3,(H,25,26)(H,19,21,24). The van der Waals surface area contributed by atoms with Gasteiger partial charge in [-0.2, -0.15) is 9.19 Å². The molecule has 0 unspecified atom stereocenters. The number of hydrogen-bond acceptors (Lipinski definition) is 8. The first-order chi connectivity index (χ1) is 13.2. The number of hydrazone groups is 1. The van der Waals surface area contributed by atoms with E-state index in [4.69, 9.17) is 5.11 Å². The van der Waals surface area contributed by atoms with Crippen LogP contribution in [0.5, 0.6) is 5.75 Å². The molecule has 0 bridgehead atoms. The molecule has 1 aromatic carbocycles. The molecule has 2 rings (SSSR count). The summed E-state index contributed by atoms with van der Waals surface area (Å²) in [6.07, 6.45) is -3.98. The Morgan fingerprint density at radius 2 is 2.14 bits per heavy atom. The van der Waals surface area contributed by atoms with E-state index in [0.29, 0.717) is 0 Å². The summed E-state index contributed by atoms with van der Waals surface area (Å²) >= 11 is 0.763. The van der Waals surface area contributed by atoms with Gasteiger partial charge in [-0.05, 0) is 17.7 Å². The summed E-state index contributed by atoms with van der Waals surface area (Å²) < 4.78 is 41.7. The summed E-state index contributed by atoms with van der Waals surface area (Å²) in [4.78, 5) is 23.0. The number of ether oxygens (including phenoxy) is 1. The van der Waals surface area contributed by atoms with Gasteiger partial charge in [0.1, 0.15) is 5.75 Å². The third-order valence-corrected chi connectivity index (χ3v) is 3.56. The topological polar surface area (TPSA) is 131 Å². The van der Waals surface area contributed by atoms with E-state index in [0.717, 1.165) is 34.4 Å². The molecule has 28 heavy (non-hydrogen) atoms. The highest BCUT2D eigenvalue weighted by Gasteiger charge is 2.31. The number of hydrogen-bond donors (Lipinski definition) is 3. The van der Waals surface area contributed by atoms with Crippen LogP contribution in [0.1, 0.15) is 16.1 Å². The SMILES string of the molecule is CN/N=C(/NC(=O)Cc1cccc(OC(F)(F)F)c1)Sn1cc(C(=O)O)nn1. The van der Waals surface area contributed by atoms with Gasteiger partial charge in [0.15, 0.2) is 5.69 Å². The molecule has 0 aliphatic heterocycles. The lowest BCUT2D eigenvalue weighted by molar-refractivity contribution is -0.274. The minimum Gasteiger partial charge on any atom is -0.476 e. The number of carboxylic acid groups (broad SMARTS) is 1. The first kappa shape index (κ1) is 21.0. The number of nitrogens with one attached hydrogen (secondary N) is 2. The van der Waals surface area contributed by atoms with Crippen molar-refractivity contribution in [2.75, 3.05) is 7.05 Å². The first-order valence-electron chi connectivity index (χ1n) is 7.39. The number of amidine groups is 1. The van der Waals surface area contributed by atoms with Crippen molar-refractivity contribution in [3.63, 3.8) is 0 Å². The first-order valence-corrected chi connectivity index (χ1v) is 8.16. The van der Waals surface area contributed by atoms with Gasteiger partial charge in [0, 0.05) is 7.05 Å². The van der Waals surface area contributed by atoms with E-state index >= 15 is 0 Å². The molecule has 0 saturated heterocycles. The van der Waals surface area contributed by atoms with Crippen LogP contribution in [-0.4, -0.2) is 50.0 Å². The Bertz CT molecular complexity index is 886. The average Bonchev–Trinajstić information content (AvgIpc) is 3.02. The minimum atomic E-state index is -4.84. The van der Waals surface area contributed by atoms with E-state index in [9.17, 15) is 22.8 Å². The van der Waals surface area contributed by atoms with E-state index in [2.05, 4.69) is 30.9 Å². The van der Waals surface area contributed by atoms with Gasteiger partial charge in [0.05, 0.1) is 24.6 Å². The predicted octanol–water partition coefficient (Wildman–Crippen LogP) is 1.22. The second-order valence-corrected chi connectivity index (χ2v) is 5.91. The summed E-state index contributed by atoms with van der Waals surface area (Å²) in [6, 6.07) is 4.99. The fraction of sp³-hybridized carbons (Fsp3) is 0.214. The van der Waals surface area contributed by atoms with Crippen molar-refractivity contribution < 1.29 is 32.6 Å². The quantitative estimate of drug-likeness (QED) is 0.363. The highest BCUT2D eigenvalue weighted by Crippen LogP contribution is 2.23. The fourth-order valence-corrected chi connectivity index (χ4v) is 2.55. The van der Waals surface area contributed by atoms with Crippen LogP contribution in [-0.2, 0) is 11.2 Å². The summed E-state index contributed by atoms with van der Waals surface area (Å²) in [5.74, 6) is -2.30. The molecule has 0 spiro atoms. The lowest BCUT2D eigenvalue weighted by Crippen LogP contribution is -2.31.